The van der Waals surface area contributed by atoms with Gasteiger partial charge < -0.3 is 9.47 Å². The zero-order valence-corrected chi connectivity index (χ0v) is 10.6. The molecule has 1 spiro atoms. The van der Waals surface area contributed by atoms with Crippen molar-refractivity contribution in [1.29, 1.82) is 0 Å². The van der Waals surface area contributed by atoms with Gasteiger partial charge in [0, 0.05) is 6.61 Å². The van der Waals surface area contributed by atoms with E-state index in [1.165, 1.54) is 5.56 Å². The molecule has 0 aliphatic carbocycles. The molecule has 0 bridgehead atoms. The fourth-order valence-corrected chi connectivity index (χ4v) is 4.13. The maximum Gasteiger partial charge on any atom is 0.139 e. The standard InChI is InChI=1S/C13H15FO2S/c1-15-10-4-2-3-9-7-13(17-12(9)10)5-6-16-8-11(13)14/h2-4,11H,5-8H2,1H3. The lowest BCUT2D eigenvalue weighted by atomic mass is 9.90. The maximum absolute atomic E-state index is 14.2. The van der Waals surface area contributed by atoms with Crippen molar-refractivity contribution >= 4 is 11.8 Å². The molecule has 92 valence electrons. The van der Waals surface area contributed by atoms with Gasteiger partial charge in [0.15, 0.2) is 0 Å². The summed E-state index contributed by atoms with van der Waals surface area (Å²) in [5, 5.41) is 0. The first-order valence-corrected chi connectivity index (χ1v) is 6.63. The van der Waals surface area contributed by atoms with Gasteiger partial charge >= 0.3 is 0 Å². The smallest absolute Gasteiger partial charge is 0.139 e. The van der Waals surface area contributed by atoms with Crippen molar-refractivity contribution in [2.75, 3.05) is 20.3 Å². The molecule has 2 heterocycles. The van der Waals surface area contributed by atoms with Gasteiger partial charge in [-0.05, 0) is 24.5 Å². The van der Waals surface area contributed by atoms with E-state index < -0.39 is 6.17 Å². The molecule has 0 aromatic heterocycles. The molecule has 1 aromatic carbocycles. The molecule has 0 N–H and O–H groups in total. The van der Waals surface area contributed by atoms with Gasteiger partial charge in [-0.25, -0.2) is 4.39 Å². The van der Waals surface area contributed by atoms with Crippen molar-refractivity contribution in [1.82, 2.24) is 0 Å². The highest BCUT2D eigenvalue weighted by Gasteiger charge is 2.48. The van der Waals surface area contributed by atoms with Crippen molar-refractivity contribution in [2.45, 2.75) is 28.7 Å². The number of methoxy groups -OCH3 is 1. The van der Waals surface area contributed by atoms with E-state index in [4.69, 9.17) is 9.47 Å². The normalized spacial score (nSPS) is 31.5. The van der Waals surface area contributed by atoms with Crippen LogP contribution in [0.5, 0.6) is 5.75 Å². The number of alkyl halides is 1. The minimum Gasteiger partial charge on any atom is -0.496 e. The van der Waals surface area contributed by atoms with Crippen LogP contribution in [0.1, 0.15) is 12.0 Å². The van der Waals surface area contributed by atoms with Crippen LogP contribution in [0, 0.1) is 0 Å². The number of thioether (sulfide) groups is 1. The van der Waals surface area contributed by atoms with Crippen LogP contribution >= 0.6 is 11.8 Å². The second-order valence-corrected chi connectivity index (χ2v) is 6.01. The van der Waals surface area contributed by atoms with Crippen LogP contribution < -0.4 is 4.74 Å². The molecule has 2 aliphatic heterocycles. The molecule has 4 heteroatoms. The Bertz CT molecular complexity index is 437. The lowest BCUT2D eigenvalue weighted by molar-refractivity contribution is 0.0133. The number of hydrogen-bond acceptors (Lipinski definition) is 3. The van der Waals surface area contributed by atoms with Gasteiger partial charge in [0.25, 0.3) is 0 Å². The Hall–Kier alpha value is -0.740. The molecule has 1 saturated heterocycles. The molecular formula is C13H15FO2S. The van der Waals surface area contributed by atoms with Gasteiger partial charge in [0.1, 0.15) is 11.9 Å². The number of ether oxygens (including phenoxy) is 2. The Morgan fingerprint density at radius 1 is 1.53 bits per heavy atom. The summed E-state index contributed by atoms with van der Waals surface area (Å²) >= 11 is 1.64. The highest BCUT2D eigenvalue weighted by molar-refractivity contribution is 8.01. The average Bonchev–Trinajstić information content (AvgIpc) is 2.72. The van der Waals surface area contributed by atoms with Crippen LogP contribution in [-0.4, -0.2) is 31.2 Å². The van der Waals surface area contributed by atoms with Gasteiger partial charge in [0.05, 0.1) is 23.4 Å². The Kier molecular flexibility index (Phi) is 2.79. The largest absolute Gasteiger partial charge is 0.496 e. The van der Waals surface area contributed by atoms with Gasteiger partial charge in [0.2, 0.25) is 0 Å². The van der Waals surface area contributed by atoms with Crippen LogP contribution in [0.4, 0.5) is 4.39 Å². The molecule has 2 atom stereocenters. The topological polar surface area (TPSA) is 18.5 Å². The molecule has 1 aromatic rings. The molecule has 2 nitrogen and oxygen atoms in total. The zero-order chi connectivity index (χ0) is 11.9. The average molecular weight is 254 g/mol. The molecule has 0 radical (unpaired) electrons. The summed E-state index contributed by atoms with van der Waals surface area (Å²) in [5.41, 5.74) is 1.21. The van der Waals surface area contributed by atoms with Gasteiger partial charge in [-0.15, -0.1) is 11.8 Å². The highest BCUT2D eigenvalue weighted by Crippen LogP contribution is 2.54. The fraction of sp³-hybridized carbons (Fsp3) is 0.538. The summed E-state index contributed by atoms with van der Waals surface area (Å²) in [7, 11) is 1.66. The minimum absolute atomic E-state index is 0.226. The summed E-state index contributed by atoms with van der Waals surface area (Å²) < 4.78 is 24.4. The van der Waals surface area contributed by atoms with Gasteiger partial charge in [-0.3, -0.25) is 0 Å². The van der Waals surface area contributed by atoms with Crippen molar-refractivity contribution < 1.29 is 13.9 Å². The molecule has 2 aliphatic rings. The van der Waals surface area contributed by atoms with E-state index in [0.717, 1.165) is 23.5 Å². The third-order valence-electron chi connectivity index (χ3n) is 3.58. The van der Waals surface area contributed by atoms with E-state index in [1.54, 1.807) is 18.9 Å². The quantitative estimate of drug-likeness (QED) is 0.768. The monoisotopic (exact) mass is 254 g/mol. The summed E-state index contributed by atoms with van der Waals surface area (Å²) in [6.07, 6.45) is 0.670. The van der Waals surface area contributed by atoms with Crippen molar-refractivity contribution in [3.05, 3.63) is 23.8 Å². The van der Waals surface area contributed by atoms with E-state index in [9.17, 15) is 4.39 Å². The van der Waals surface area contributed by atoms with Crippen LogP contribution in [0.2, 0.25) is 0 Å². The van der Waals surface area contributed by atoms with Crippen molar-refractivity contribution in [2.24, 2.45) is 0 Å². The van der Waals surface area contributed by atoms with Crippen LogP contribution in [0.3, 0.4) is 0 Å². The second kappa shape index (κ2) is 4.18. The Balaban J connectivity index is 1.96. The third-order valence-corrected chi connectivity index (χ3v) is 5.26. The van der Waals surface area contributed by atoms with Crippen LogP contribution in [0.25, 0.3) is 0 Å². The Morgan fingerprint density at radius 2 is 2.41 bits per heavy atom. The molecule has 2 unspecified atom stereocenters. The van der Waals surface area contributed by atoms with E-state index >= 15 is 0 Å². The lowest BCUT2D eigenvalue weighted by Gasteiger charge is -2.35. The number of fused-ring (bicyclic) bond motifs is 1. The van der Waals surface area contributed by atoms with Gasteiger partial charge in [-0.2, -0.15) is 0 Å². The molecule has 0 saturated carbocycles. The van der Waals surface area contributed by atoms with E-state index in [0.29, 0.717) is 6.61 Å². The molecule has 1 fully saturated rings. The predicted octanol–water partition coefficient (Wildman–Crippen LogP) is 2.84. The predicted molar refractivity (Wildman–Crippen MR) is 65.6 cm³/mol. The van der Waals surface area contributed by atoms with E-state index in [1.807, 2.05) is 12.1 Å². The Morgan fingerprint density at radius 3 is 3.18 bits per heavy atom. The van der Waals surface area contributed by atoms with Crippen molar-refractivity contribution in [3.63, 3.8) is 0 Å². The lowest BCUT2D eigenvalue weighted by Crippen LogP contribution is -2.44. The van der Waals surface area contributed by atoms with Crippen LogP contribution in [-0.2, 0) is 11.2 Å². The summed E-state index contributed by atoms with van der Waals surface area (Å²) in [6.45, 7) is 0.882. The number of halogens is 1. The molecule has 17 heavy (non-hydrogen) atoms. The maximum atomic E-state index is 14.2. The molecule has 3 rings (SSSR count). The molecular weight excluding hydrogens is 239 g/mol. The van der Waals surface area contributed by atoms with Crippen LogP contribution in [0.15, 0.2) is 23.1 Å². The first-order valence-electron chi connectivity index (χ1n) is 5.82. The minimum atomic E-state index is -0.890. The second-order valence-electron chi connectivity index (χ2n) is 4.58. The summed E-state index contributed by atoms with van der Waals surface area (Å²) in [5.74, 6) is 0.864. The zero-order valence-electron chi connectivity index (χ0n) is 9.74. The fourth-order valence-electron chi connectivity index (χ4n) is 2.59. The van der Waals surface area contributed by atoms with E-state index in [-0.39, 0.29) is 11.4 Å². The Labute approximate surface area is 104 Å². The first-order chi connectivity index (χ1) is 8.25. The highest BCUT2D eigenvalue weighted by atomic mass is 32.2. The van der Waals surface area contributed by atoms with Crippen molar-refractivity contribution in [3.8, 4) is 5.75 Å². The van der Waals surface area contributed by atoms with E-state index in [2.05, 4.69) is 6.07 Å². The number of hydrogen-bond donors (Lipinski definition) is 0. The molecule has 0 amide bonds. The number of rotatable bonds is 1. The first kappa shape index (κ1) is 11.4. The third kappa shape index (κ3) is 1.74. The number of benzene rings is 1. The summed E-state index contributed by atoms with van der Waals surface area (Å²) in [4.78, 5) is 1.11. The van der Waals surface area contributed by atoms with Gasteiger partial charge in [-0.1, -0.05) is 12.1 Å². The summed E-state index contributed by atoms with van der Waals surface area (Å²) in [6, 6.07) is 5.99. The SMILES string of the molecule is COc1cccc2c1SC1(CCOCC1F)C2.